The van der Waals surface area contributed by atoms with Gasteiger partial charge in [0, 0.05) is 24.9 Å². The van der Waals surface area contributed by atoms with E-state index in [1.165, 1.54) is 23.1 Å². The third kappa shape index (κ3) is 11.7. The third-order valence-corrected chi connectivity index (χ3v) is 10.9. The molecule has 1 saturated carbocycles. The molecule has 1 saturated heterocycles. The highest BCUT2D eigenvalue weighted by atomic mass is 32.2. The molecule has 0 unspecified atom stereocenters. The Kier molecular flexibility index (Phi) is 13.9. The minimum absolute atomic E-state index is 0.0420. The standard InChI is InChI=1S/C37H52FN5O10S/c1-7-8-12-29(32(45)41-54(50,51)26-14-15-26)39-33(46)31-18-25(52-36(49)42-19-23-10-9-11-28(38)27(23)21-42)20-43(31)34(47)30(16-13-24(44)17-22(2)3)40-35(48)53-37(4,5)6/h9-11,17,25-26,29-31H,7-8,12-16,18-21H2,1-6H3,(H,39,46)(H,40,48)(H,41,45)/t25-,29-,30+,31+/m1/s1. The summed E-state index contributed by atoms with van der Waals surface area (Å²) >= 11 is 0. The lowest BCUT2D eigenvalue weighted by Gasteiger charge is -2.30. The fourth-order valence-corrected chi connectivity index (χ4v) is 7.65. The van der Waals surface area contributed by atoms with Crippen LogP contribution in [0.25, 0.3) is 0 Å². The number of allylic oxidation sites excluding steroid dienone is 2. The molecule has 0 bridgehead atoms. The summed E-state index contributed by atoms with van der Waals surface area (Å²) < 4.78 is 52.8. The SMILES string of the molecule is CCCC[C@@H](NC(=O)[C@@H]1C[C@@H](OC(=O)N2Cc3cccc(F)c3C2)CN1C(=O)[C@H](CCC(=O)C=C(C)C)NC(=O)OC(C)(C)C)C(=O)NS(=O)(=O)C1CC1. The Bertz CT molecular complexity index is 1750. The average Bonchev–Trinajstić information content (AvgIpc) is 3.71. The van der Waals surface area contributed by atoms with Crippen LogP contribution in [0, 0.1) is 5.82 Å². The molecule has 2 aliphatic heterocycles. The molecular formula is C37H52FN5O10S. The van der Waals surface area contributed by atoms with Crippen molar-refractivity contribution >= 4 is 45.7 Å². The number of fused-ring (bicyclic) bond motifs is 1. The molecule has 17 heteroatoms. The van der Waals surface area contributed by atoms with Crippen molar-refractivity contribution in [1.82, 2.24) is 25.2 Å². The van der Waals surface area contributed by atoms with Crippen molar-refractivity contribution in [2.24, 2.45) is 0 Å². The van der Waals surface area contributed by atoms with E-state index >= 15 is 0 Å². The van der Waals surface area contributed by atoms with Crippen LogP contribution in [-0.4, -0.2) is 95.5 Å². The second kappa shape index (κ2) is 17.7. The van der Waals surface area contributed by atoms with Gasteiger partial charge in [0.05, 0.1) is 18.3 Å². The molecule has 4 atom stereocenters. The fraction of sp³-hybridized carbons (Fsp3) is 0.622. The van der Waals surface area contributed by atoms with Crippen LogP contribution in [0.15, 0.2) is 29.8 Å². The van der Waals surface area contributed by atoms with Crippen LogP contribution in [0.2, 0.25) is 0 Å². The van der Waals surface area contributed by atoms with Crippen LogP contribution in [0.3, 0.4) is 0 Å². The van der Waals surface area contributed by atoms with Crippen LogP contribution < -0.4 is 15.4 Å². The number of nitrogens with one attached hydrogen (secondary N) is 3. The van der Waals surface area contributed by atoms with Gasteiger partial charge in [0.15, 0.2) is 5.78 Å². The van der Waals surface area contributed by atoms with Gasteiger partial charge in [-0.05, 0) is 78.0 Å². The number of halogens is 1. The van der Waals surface area contributed by atoms with Crippen molar-refractivity contribution in [2.75, 3.05) is 6.54 Å². The normalized spacial score (nSPS) is 19.2. The van der Waals surface area contributed by atoms with Gasteiger partial charge in [-0.3, -0.25) is 28.8 Å². The first-order valence-electron chi connectivity index (χ1n) is 18.3. The van der Waals surface area contributed by atoms with Crippen LogP contribution in [0.1, 0.15) is 104 Å². The number of alkyl carbamates (subject to hydrolysis) is 1. The number of amides is 5. The van der Waals surface area contributed by atoms with Crippen molar-refractivity contribution in [3.63, 3.8) is 0 Å². The van der Waals surface area contributed by atoms with Gasteiger partial charge in [0.25, 0.3) is 5.91 Å². The summed E-state index contributed by atoms with van der Waals surface area (Å²) in [6, 6.07) is 0.581. The monoisotopic (exact) mass is 777 g/mol. The first kappa shape index (κ1) is 42.2. The van der Waals surface area contributed by atoms with Crippen molar-refractivity contribution in [1.29, 1.82) is 0 Å². The number of ether oxygens (including phenoxy) is 2. The molecular weight excluding hydrogens is 725 g/mol. The molecule has 1 aliphatic carbocycles. The molecule has 54 heavy (non-hydrogen) atoms. The van der Waals surface area contributed by atoms with E-state index in [2.05, 4.69) is 15.4 Å². The van der Waals surface area contributed by atoms with Crippen LogP contribution >= 0.6 is 0 Å². The molecule has 1 aromatic rings. The van der Waals surface area contributed by atoms with Gasteiger partial charge in [-0.25, -0.2) is 22.4 Å². The Morgan fingerprint density at radius 1 is 1.02 bits per heavy atom. The maximum Gasteiger partial charge on any atom is 0.410 e. The zero-order valence-corrected chi connectivity index (χ0v) is 32.6. The maximum atomic E-state index is 14.4. The number of hydrogen-bond donors (Lipinski definition) is 3. The van der Waals surface area contributed by atoms with E-state index in [4.69, 9.17) is 9.47 Å². The second-order valence-corrected chi connectivity index (χ2v) is 17.3. The largest absolute Gasteiger partial charge is 0.444 e. The fourth-order valence-electron chi connectivity index (χ4n) is 6.31. The minimum atomic E-state index is -3.93. The van der Waals surface area contributed by atoms with E-state index < -0.39 is 80.8 Å². The highest BCUT2D eigenvalue weighted by molar-refractivity contribution is 7.90. The number of ketones is 1. The molecule has 0 spiro atoms. The first-order valence-corrected chi connectivity index (χ1v) is 19.9. The van der Waals surface area contributed by atoms with E-state index in [0.29, 0.717) is 36.8 Å². The highest BCUT2D eigenvalue weighted by Gasteiger charge is 2.46. The van der Waals surface area contributed by atoms with E-state index in [-0.39, 0.29) is 51.1 Å². The predicted octanol–water partition coefficient (Wildman–Crippen LogP) is 3.74. The van der Waals surface area contributed by atoms with Crippen molar-refractivity contribution in [2.45, 2.75) is 141 Å². The number of rotatable bonds is 15. The van der Waals surface area contributed by atoms with Crippen LogP contribution in [-0.2, 0) is 51.8 Å². The third-order valence-electron chi connectivity index (χ3n) is 9.10. The summed E-state index contributed by atoms with van der Waals surface area (Å²) in [5.74, 6) is -3.25. The zero-order valence-electron chi connectivity index (χ0n) is 31.7. The molecule has 15 nitrogen and oxygen atoms in total. The zero-order chi connectivity index (χ0) is 40.0. The van der Waals surface area contributed by atoms with Crippen molar-refractivity contribution < 1.29 is 51.0 Å². The minimum Gasteiger partial charge on any atom is -0.444 e. The molecule has 2 fully saturated rings. The molecule has 298 valence electrons. The molecule has 3 N–H and O–H groups in total. The summed E-state index contributed by atoms with van der Waals surface area (Å²) in [4.78, 5) is 82.9. The number of benzene rings is 1. The van der Waals surface area contributed by atoms with Crippen molar-refractivity contribution in [3.8, 4) is 0 Å². The van der Waals surface area contributed by atoms with E-state index in [9.17, 15) is 41.6 Å². The Morgan fingerprint density at radius 2 is 1.72 bits per heavy atom. The highest BCUT2D eigenvalue weighted by Crippen LogP contribution is 2.29. The van der Waals surface area contributed by atoms with Gasteiger partial charge in [0.2, 0.25) is 21.8 Å². The lowest BCUT2D eigenvalue weighted by molar-refractivity contribution is -0.141. The number of nitrogens with zero attached hydrogens (tertiary/aromatic N) is 2. The molecule has 4 rings (SSSR count). The number of carbonyl (C=O) groups excluding carboxylic acids is 6. The molecule has 5 amide bonds. The number of unbranched alkanes of at least 4 members (excludes halogenated alkanes) is 1. The number of likely N-dealkylation sites (tertiary alicyclic amines) is 1. The summed E-state index contributed by atoms with van der Waals surface area (Å²) in [5.41, 5.74) is 0.781. The molecule has 0 aromatic heterocycles. The Labute approximate surface area is 315 Å². The number of sulfonamides is 1. The van der Waals surface area contributed by atoms with Crippen LogP contribution in [0.4, 0.5) is 14.0 Å². The Morgan fingerprint density at radius 3 is 2.33 bits per heavy atom. The van der Waals surface area contributed by atoms with E-state index in [1.54, 1.807) is 40.7 Å². The van der Waals surface area contributed by atoms with Gasteiger partial charge >= 0.3 is 12.2 Å². The number of hydrogen-bond acceptors (Lipinski definition) is 10. The lowest BCUT2D eigenvalue weighted by atomic mass is 10.0. The number of carbonyl (C=O) groups is 6. The van der Waals surface area contributed by atoms with Gasteiger partial charge < -0.3 is 25.0 Å². The lowest BCUT2D eigenvalue weighted by Crippen LogP contribution is -2.57. The second-order valence-electron chi connectivity index (χ2n) is 15.3. The topological polar surface area (TPSA) is 198 Å². The van der Waals surface area contributed by atoms with Gasteiger partial charge in [-0.15, -0.1) is 0 Å². The van der Waals surface area contributed by atoms with E-state index in [1.807, 2.05) is 6.92 Å². The molecule has 1 aromatic carbocycles. The summed E-state index contributed by atoms with van der Waals surface area (Å²) in [5, 5.41) is 4.46. The van der Waals surface area contributed by atoms with Gasteiger partial charge in [-0.1, -0.05) is 37.5 Å². The van der Waals surface area contributed by atoms with Gasteiger partial charge in [-0.2, -0.15) is 0 Å². The molecule has 2 heterocycles. The van der Waals surface area contributed by atoms with Crippen molar-refractivity contribution in [3.05, 3.63) is 46.8 Å². The first-order chi connectivity index (χ1) is 25.3. The maximum absolute atomic E-state index is 14.4. The van der Waals surface area contributed by atoms with E-state index in [0.717, 1.165) is 10.5 Å². The smallest absolute Gasteiger partial charge is 0.410 e. The van der Waals surface area contributed by atoms with Crippen LogP contribution in [0.5, 0.6) is 0 Å². The molecule has 3 aliphatic rings. The predicted molar refractivity (Wildman–Crippen MR) is 194 cm³/mol. The molecule has 0 radical (unpaired) electrons. The van der Waals surface area contributed by atoms with Gasteiger partial charge in [0.1, 0.15) is 35.6 Å². The Balaban J connectivity index is 1.59. The summed E-state index contributed by atoms with van der Waals surface area (Å²) in [7, 11) is -3.93. The summed E-state index contributed by atoms with van der Waals surface area (Å²) in [6.07, 6.45) is 0.168. The summed E-state index contributed by atoms with van der Waals surface area (Å²) in [6.45, 7) is 9.99. The average molecular weight is 778 g/mol. The Hall–Kier alpha value is -4.54. The quantitative estimate of drug-likeness (QED) is 0.221.